The lowest BCUT2D eigenvalue weighted by Crippen LogP contribution is -2.42. The van der Waals surface area contributed by atoms with Crippen LogP contribution in [0.3, 0.4) is 0 Å². The van der Waals surface area contributed by atoms with E-state index in [-0.39, 0.29) is 29.4 Å². The normalized spacial score (nSPS) is 13.3. The minimum atomic E-state index is -1.40. The molecule has 0 bridgehead atoms. The Bertz CT molecular complexity index is 270. The minimum Gasteiger partial charge on any atom is -0.481 e. The topological polar surface area (TPSA) is 83.5 Å². The summed E-state index contributed by atoms with van der Waals surface area (Å²) in [5, 5.41) is 11.0. The molecule has 15 heavy (non-hydrogen) atoms. The van der Waals surface area contributed by atoms with E-state index < -0.39 is 16.8 Å². The van der Waals surface area contributed by atoms with E-state index in [1.54, 1.807) is 0 Å². The molecule has 5 nitrogen and oxygen atoms in total. The number of carbonyl (C=O) groups is 2. The van der Waals surface area contributed by atoms with Gasteiger partial charge in [0.15, 0.2) is 0 Å². The highest BCUT2D eigenvalue weighted by molar-refractivity contribution is 7.85. The largest absolute Gasteiger partial charge is 0.481 e. The Morgan fingerprint density at radius 3 is 2.27 bits per heavy atom. The number of hydrogen-bond acceptors (Lipinski definition) is 3. The zero-order valence-electron chi connectivity index (χ0n) is 9.20. The smallest absolute Gasteiger partial charge is 0.304 e. The molecule has 0 aromatic rings. The lowest BCUT2D eigenvalue weighted by atomic mass is 10.1. The van der Waals surface area contributed by atoms with Crippen molar-refractivity contribution in [2.24, 2.45) is 0 Å². The zero-order chi connectivity index (χ0) is 12.1. The van der Waals surface area contributed by atoms with Crippen LogP contribution in [-0.4, -0.2) is 38.2 Å². The SMILES string of the molecule is CC(C)(C)NC(=O)CS(=O)CCC(=O)O. The lowest BCUT2D eigenvalue weighted by Gasteiger charge is -2.20. The van der Waals surface area contributed by atoms with Crippen molar-refractivity contribution in [2.75, 3.05) is 11.5 Å². The second-order valence-corrected chi connectivity index (χ2v) is 5.81. The maximum absolute atomic E-state index is 11.3. The Morgan fingerprint density at radius 1 is 1.33 bits per heavy atom. The summed E-state index contributed by atoms with van der Waals surface area (Å²) in [5.74, 6) is -1.43. The average Bonchev–Trinajstić information content (AvgIpc) is 1.96. The molecule has 2 N–H and O–H groups in total. The number of aliphatic carboxylic acids is 1. The average molecular weight is 235 g/mol. The summed E-state index contributed by atoms with van der Waals surface area (Å²) in [6.45, 7) is 5.47. The molecule has 1 unspecified atom stereocenters. The highest BCUT2D eigenvalue weighted by atomic mass is 32.2. The molecular weight excluding hydrogens is 218 g/mol. The van der Waals surface area contributed by atoms with Crippen molar-refractivity contribution >= 4 is 22.7 Å². The van der Waals surface area contributed by atoms with E-state index in [1.165, 1.54) is 0 Å². The summed E-state index contributed by atoms with van der Waals surface area (Å²) in [5.41, 5.74) is -0.353. The Balaban J connectivity index is 3.87. The third-order valence-electron chi connectivity index (χ3n) is 1.35. The molecule has 0 aromatic heterocycles. The van der Waals surface area contributed by atoms with Gasteiger partial charge in [-0.1, -0.05) is 0 Å². The Hall–Kier alpha value is -0.910. The molecule has 0 fully saturated rings. The van der Waals surface area contributed by atoms with Crippen molar-refractivity contribution in [3.05, 3.63) is 0 Å². The van der Waals surface area contributed by atoms with Gasteiger partial charge in [0, 0.05) is 22.1 Å². The molecule has 0 aliphatic carbocycles. The maximum Gasteiger partial charge on any atom is 0.304 e. The van der Waals surface area contributed by atoms with E-state index in [0.717, 1.165) is 0 Å². The Labute approximate surface area is 91.7 Å². The molecule has 0 radical (unpaired) electrons. The molecule has 1 amide bonds. The van der Waals surface area contributed by atoms with E-state index >= 15 is 0 Å². The third kappa shape index (κ3) is 9.40. The highest BCUT2D eigenvalue weighted by Gasteiger charge is 2.16. The molecule has 0 saturated carbocycles. The number of rotatable bonds is 5. The van der Waals surface area contributed by atoms with Crippen LogP contribution in [0.25, 0.3) is 0 Å². The summed E-state index contributed by atoms with van der Waals surface area (Å²) < 4.78 is 11.2. The van der Waals surface area contributed by atoms with E-state index in [9.17, 15) is 13.8 Å². The van der Waals surface area contributed by atoms with E-state index in [1.807, 2.05) is 20.8 Å². The first-order chi connectivity index (χ1) is 6.70. The summed E-state index contributed by atoms with van der Waals surface area (Å²) in [6, 6.07) is 0. The van der Waals surface area contributed by atoms with Crippen LogP contribution in [-0.2, 0) is 20.4 Å². The van der Waals surface area contributed by atoms with Crippen LogP contribution in [0, 0.1) is 0 Å². The number of amides is 1. The molecule has 0 spiro atoms. The monoisotopic (exact) mass is 235 g/mol. The van der Waals surface area contributed by atoms with Crippen LogP contribution in [0.5, 0.6) is 0 Å². The van der Waals surface area contributed by atoms with Gasteiger partial charge in [0.2, 0.25) is 5.91 Å². The molecule has 0 rings (SSSR count). The van der Waals surface area contributed by atoms with E-state index in [4.69, 9.17) is 5.11 Å². The lowest BCUT2D eigenvalue weighted by molar-refractivity contribution is -0.136. The number of nitrogens with one attached hydrogen (secondary N) is 1. The fraction of sp³-hybridized carbons (Fsp3) is 0.778. The fourth-order valence-corrected chi connectivity index (χ4v) is 1.79. The molecular formula is C9H17NO4S. The van der Waals surface area contributed by atoms with Gasteiger partial charge in [-0.05, 0) is 20.8 Å². The van der Waals surface area contributed by atoms with Gasteiger partial charge >= 0.3 is 5.97 Å². The van der Waals surface area contributed by atoms with Crippen LogP contribution in [0.15, 0.2) is 0 Å². The van der Waals surface area contributed by atoms with E-state index in [0.29, 0.717) is 0 Å². The molecule has 0 saturated heterocycles. The van der Waals surface area contributed by atoms with Crippen molar-refractivity contribution in [3.63, 3.8) is 0 Å². The number of carboxylic acids is 1. The summed E-state index contributed by atoms with van der Waals surface area (Å²) in [7, 11) is -1.40. The molecule has 0 aromatic carbocycles. The summed E-state index contributed by atoms with van der Waals surface area (Å²) in [6.07, 6.45) is -0.171. The molecule has 0 heterocycles. The first-order valence-electron chi connectivity index (χ1n) is 4.58. The molecule has 1 atom stereocenters. The summed E-state index contributed by atoms with van der Waals surface area (Å²) in [4.78, 5) is 21.4. The number of carbonyl (C=O) groups excluding carboxylic acids is 1. The van der Waals surface area contributed by atoms with Gasteiger partial charge in [0.25, 0.3) is 0 Å². The van der Waals surface area contributed by atoms with Crippen molar-refractivity contribution in [1.82, 2.24) is 5.32 Å². The molecule has 88 valence electrons. The summed E-state index contributed by atoms with van der Waals surface area (Å²) >= 11 is 0. The minimum absolute atomic E-state index is 0.0207. The molecule has 6 heteroatoms. The third-order valence-corrected chi connectivity index (χ3v) is 2.59. The van der Waals surface area contributed by atoms with Gasteiger partial charge < -0.3 is 10.4 Å². The van der Waals surface area contributed by atoms with Gasteiger partial charge in [-0.25, -0.2) is 0 Å². The fourth-order valence-electron chi connectivity index (χ4n) is 0.874. The van der Waals surface area contributed by atoms with Crippen molar-refractivity contribution in [3.8, 4) is 0 Å². The predicted molar refractivity (Wildman–Crippen MR) is 58.0 cm³/mol. The first-order valence-corrected chi connectivity index (χ1v) is 6.07. The van der Waals surface area contributed by atoms with Crippen LogP contribution < -0.4 is 5.32 Å². The quantitative estimate of drug-likeness (QED) is 0.709. The van der Waals surface area contributed by atoms with Gasteiger partial charge in [-0.3, -0.25) is 13.8 Å². The van der Waals surface area contributed by atoms with Crippen molar-refractivity contribution in [1.29, 1.82) is 0 Å². The van der Waals surface area contributed by atoms with E-state index in [2.05, 4.69) is 5.32 Å². The van der Waals surface area contributed by atoms with Gasteiger partial charge in [-0.15, -0.1) is 0 Å². The Morgan fingerprint density at radius 2 is 1.87 bits per heavy atom. The molecule has 0 aliphatic heterocycles. The molecule has 0 aliphatic rings. The predicted octanol–water partition coefficient (Wildman–Crippen LogP) is 0.124. The van der Waals surface area contributed by atoms with Gasteiger partial charge in [-0.2, -0.15) is 0 Å². The number of hydrogen-bond donors (Lipinski definition) is 2. The second-order valence-electron chi connectivity index (χ2n) is 4.23. The van der Waals surface area contributed by atoms with Crippen LogP contribution >= 0.6 is 0 Å². The van der Waals surface area contributed by atoms with Gasteiger partial charge in [0.1, 0.15) is 5.75 Å². The van der Waals surface area contributed by atoms with Crippen molar-refractivity contribution < 1.29 is 18.9 Å². The zero-order valence-corrected chi connectivity index (χ0v) is 10.0. The number of carboxylic acid groups (broad SMARTS) is 1. The van der Waals surface area contributed by atoms with Crippen molar-refractivity contribution in [2.45, 2.75) is 32.7 Å². The van der Waals surface area contributed by atoms with Gasteiger partial charge in [0.05, 0.1) is 6.42 Å². The van der Waals surface area contributed by atoms with Crippen LogP contribution in [0.4, 0.5) is 0 Å². The van der Waals surface area contributed by atoms with Crippen LogP contribution in [0.1, 0.15) is 27.2 Å². The highest BCUT2D eigenvalue weighted by Crippen LogP contribution is 1.98. The maximum atomic E-state index is 11.3. The second kappa shape index (κ2) is 5.85. The van der Waals surface area contributed by atoms with Crippen LogP contribution in [0.2, 0.25) is 0 Å². The Kier molecular flexibility index (Phi) is 5.49. The first kappa shape index (κ1) is 14.1. The standard InChI is InChI=1S/C9H17NO4S/c1-9(2,3)10-7(11)6-15(14)5-4-8(12)13/h4-6H2,1-3H3,(H,10,11)(H,12,13).